The fourth-order valence-electron chi connectivity index (χ4n) is 7.60. The van der Waals surface area contributed by atoms with E-state index in [2.05, 4.69) is 49.4 Å². The van der Waals surface area contributed by atoms with E-state index in [9.17, 15) is 4.79 Å². The van der Waals surface area contributed by atoms with Crippen molar-refractivity contribution in [3.8, 4) is 0 Å². The number of methoxy groups -OCH3 is 1. The van der Waals surface area contributed by atoms with Crippen molar-refractivity contribution in [2.24, 2.45) is 7.05 Å². The second kappa shape index (κ2) is 12.6. The zero-order chi connectivity index (χ0) is 32.1. The first kappa shape index (κ1) is 31.0. The molecule has 8 rings (SSSR count). The summed E-state index contributed by atoms with van der Waals surface area (Å²) in [6.07, 6.45) is 11.2. The number of carbonyl (C=O) groups is 1. The number of epoxide rings is 1. The van der Waals surface area contributed by atoms with E-state index in [0.717, 1.165) is 72.4 Å². The van der Waals surface area contributed by atoms with Gasteiger partial charge in [0, 0.05) is 51.6 Å². The summed E-state index contributed by atoms with van der Waals surface area (Å²) >= 11 is 6.77. The van der Waals surface area contributed by atoms with Gasteiger partial charge in [-0.3, -0.25) is 15.2 Å². The van der Waals surface area contributed by atoms with Crippen molar-refractivity contribution in [1.29, 1.82) is 0 Å². The van der Waals surface area contributed by atoms with Crippen LogP contribution in [-0.2, 0) is 21.3 Å². The van der Waals surface area contributed by atoms with Crippen LogP contribution in [0.3, 0.4) is 0 Å². The fourth-order valence-corrected chi connectivity index (χ4v) is 7.78. The molecule has 2 aliphatic carbocycles. The summed E-state index contributed by atoms with van der Waals surface area (Å²) in [4.78, 5) is 26.9. The molecule has 1 aromatic carbocycles. The summed E-state index contributed by atoms with van der Waals surface area (Å²) in [5.74, 6) is 0. The van der Waals surface area contributed by atoms with Gasteiger partial charge in [-0.15, -0.1) is 0 Å². The number of aromatic nitrogens is 3. The summed E-state index contributed by atoms with van der Waals surface area (Å²) in [6.45, 7) is 4.34. The lowest BCUT2D eigenvalue weighted by atomic mass is 9.89. The topological polar surface area (TPSA) is 109 Å². The lowest BCUT2D eigenvalue weighted by Crippen LogP contribution is -2.51. The van der Waals surface area contributed by atoms with Crippen molar-refractivity contribution in [2.45, 2.75) is 61.8 Å². The molecule has 11 nitrogen and oxygen atoms in total. The molecule has 0 bridgehead atoms. The number of pyridine rings is 1. The molecule has 12 heteroatoms. The normalized spacial score (nSPS) is 26.1. The second-order valence-electron chi connectivity index (χ2n) is 13.3. The minimum atomic E-state index is -0.240. The summed E-state index contributed by atoms with van der Waals surface area (Å²) in [7, 11) is 3.79. The van der Waals surface area contributed by atoms with E-state index in [1.807, 2.05) is 42.8 Å². The average molecular weight is 660 g/mol. The summed E-state index contributed by atoms with van der Waals surface area (Å²) in [5, 5.41) is 7.82. The Hall–Kier alpha value is -3.32. The number of hydrogen-bond acceptors (Lipinski definition) is 9. The molecule has 1 saturated carbocycles. The molecule has 3 unspecified atom stereocenters. The van der Waals surface area contributed by atoms with E-state index < -0.39 is 0 Å². The van der Waals surface area contributed by atoms with Gasteiger partial charge in [0.1, 0.15) is 18.4 Å². The molecule has 2 aromatic heterocycles. The molecule has 0 spiro atoms. The van der Waals surface area contributed by atoms with Crippen LogP contribution in [0.25, 0.3) is 11.6 Å². The number of piperidine rings is 1. The average Bonchev–Trinajstić information content (AvgIpc) is 4.02. The van der Waals surface area contributed by atoms with E-state index >= 15 is 0 Å². The maximum Gasteiger partial charge on any atom is 0.410 e. The first-order valence-corrected chi connectivity index (χ1v) is 17.1. The van der Waals surface area contributed by atoms with Crippen molar-refractivity contribution >= 4 is 29.3 Å². The molecular weight excluding hydrogens is 618 g/mol. The monoisotopic (exact) mass is 659 g/mol. The number of hydrogen-bond donors (Lipinski definition) is 2. The highest BCUT2D eigenvalue weighted by molar-refractivity contribution is 6.30. The third-order valence-corrected chi connectivity index (χ3v) is 10.7. The minimum absolute atomic E-state index is 0.00732. The lowest BCUT2D eigenvalue weighted by Gasteiger charge is -2.40. The van der Waals surface area contributed by atoms with Gasteiger partial charge in [0.15, 0.2) is 0 Å². The van der Waals surface area contributed by atoms with Gasteiger partial charge in [-0.1, -0.05) is 23.7 Å². The quantitative estimate of drug-likeness (QED) is 0.345. The summed E-state index contributed by atoms with van der Waals surface area (Å²) in [6, 6.07) is 9.93. The molecule has 0 radical (unpaired) electrons. The van der Waals surface area contributed by atoms with Gasteiger partial charge in [-0.25, -0.2) is 9.78 Å². The number of piperazine rings is 1. The molecule has 5 aliphatic rings. The number of carbonyl (C=O) groups excluding carboxylic acids is 1. The number of imidazole rings is 1. The van der Waals surface area contributed by atoms with Crippen LogP contribution in [-0.4, -0.2) is 101 Å². The number of halogens is 1. The molecule has 3 saturated heterocycles. The van der Waals surface area contributed by atoms with Crippen LogP contribution in [0.15, 0.2) is 49.1 Å². The summed E-state index contributed by atoms with van der Waals surface area (Å²) in [5.41, 5.74) is 6.10. The Morgan fingerprint density at radius 1 is 1.17 bits per heavy atom. The van der Waals surface area contributed by atoms with Gasteiger partial charge in [0.25, 0.3) is 0 Å². The van der Waals surface area contributed by atoms with Crippen molar-refractivity contribution in [2.75, 3.05) is 46.4 Å². The number of aryl methyl sites for hydroxylation is 1. The highest BCUT2D eigenvalue weighted by Crippen LogP contribution is 2.52. The highest BCUT2D eigenvalue weighted by Gasteiger charge is 2.62. The second-order valence-corrected chi connectivity index (χ2v) is 13.8. The fraction of sp³-hybridized carbons (Fsp3) is 0.514. The van der Waals surface area contributed by atoms with Crippen molar-refractivity contribution in [3.63, 3.8) is 0 Å². The van der Waals surface area contributed by atoms with E-state index in [0.29, 0.717) is 31.2 Å². The van der Waals surface area contributed by atoms with Gasteiger partial charge in [-0.05, 0) is 85.3 Å². The number of ether oxygens (including phenoxy) is 3. The lowest BCUT2D eigenvalue weighted by molar-refractivity contribution is 0.0316. The van der Waals surface area contributed by atoms with Crippen LogP contribution in [0.2, 0.25) is 5.02 Å². The number of fused-ring (bicyclic) bond motifs is 2. The van der Waals surface area contributed by atoms with Gasteiger partial charge >= 0.3 is 6.09 Å². The van der Waals surface area contributed by atoms with Gasteiger partial charge in [-0.2, -0.15) is 0 Å². The maximum absolute atomic E-state index is 13.1. The minimum Gasteiger partial charge on any atom is -0.446 e. The number of benzene rings is 1. The van der Waals surface area contributed by atoms with Gasteiger partial charge in [0.05, 0.1) is 41.6 Å². The largest absolute Gasteiger partial charge is 0.446 e. The Balaban J connectivity index is 1.12. The van der Waals surface area contributed by atoms with Gasteiger partial charge < -0.3 is 29.0 Å². The third-order valence-electron chi connectivity index (χ3n) is 10.5. The molecule has 2 N–H and O–H groups in total. The number of nitrogens with one attached hydrogen (secondary N) is 2. The predicted molar refractivity (Wildman–Crippen MR) is 178 cm³/mol. The van der Waals surface area contributed by atoms with Crippen molar-refractivity contribution in [3.05, 3.63) is 82.2 Å². The molecule has 3 aliphatic heterocycles. The molecular formula is C35H42ClN7O4. The Bertz CT molecular complexity index is 1660. The van der Waals surface area contributed by atoms with Crippen LogP contribution < -0.4 is 10.6 Å². The van der Waals surface area contributed by atoms with Crippen LogP contribution in [0, 0.1) is 0 Å². The van der Waals surface area contributed by atoms with E-state index in [1.165, 1.54) is 0 Å². The predicted octanol–water partition coefficient (Wildman–Crippen LogP) is 4.15. The molecule has 248 valence electrons. The molecule has 3 aromatic rings. The number of rotatable bonds is 8. The first-order chi connectivity index (χ1) is 22.9. The van der Waals surface area contributed by atoms with Crippen LogP contribution in [0.5, 0.6) is 0 Å². The highest BCUT2D eigenvalue weighted by atomic mass is 35.5. The van der Waals surface area contributed by atoms with Crippen LogP contribution >= 0.6 is 11.6 Å². The number of amides is 1. The zero-order valence-electron chi connectivity index (χ0n) is 26.9. The Labute approximate surface area is 280 Å². The first-order valence-electron chi connectivity index (χ1n) is 16.7. The number of nitrogens with zero attached hydrogens (tertiary/aromatic N) is 5. The molecule has 4 atom stereocenters. The van der Waals surface area contributed by atoms with Crippen molar-refractivity contribution in [1.82, 2.24) is 35.0 Å². The van der Waals surface area contributed by atoms with E-state index in [-0.39, 0.29) is 42.2 Å². The molecule has 1 amide bonds. The van der Waals surface area contributed by atoms with E-state index in [1.54, 1.807) is 7.11 Å². The summed E-state index contributed by atoms with van der Waals surface area (Å²) < 4.78 is 20.0. The van der Waals surface area contributed by atoms with Crippen molar-refractivity contribution < 1.29 is 19.0 Å². The molecule has 4 fully saturated rings. The zero-order valence-corrected chi connectivity index (χ0v) is 27.7. The van der Waals surface area contributed by atoms with Crippen LogP contribution in [0.4, 0.5) is 4.79 Å². The SMILES string of the molecule is COC1(C2O[C@@H]2NC(C2=Cc3cccnc3C(N3CCN(C(=O)OC4CCNCC4)CC3)c3ccc(Cl)cc32)c2cncn2C)CC1. The standard InChI is InChI=1S/C35H42ClN7O4/c1-41-21-38-20-28(41)30(40-33-32(47-33)35(45-2)9-10-35)27-18-22-4-3-11-39-29(22)31(25-6-5-23(36)19-26(25)27)42-14-16-43(17-15-42)34(44)46-24-7-12-37-13-8-24/h3-6,11,18-21,24,30-33,37,40H,7-10,12-17H2,1-2H3/t30?,31?,32?,33-/m0/s1. The molecule has 47 heavy (non-hydrogen) atoms. The molecule has 5 heterocycles. The Morgan fingerprint density at radius 2 is 1.98 bits per heavy atom. The Morgan fingerprint density at radius 3 is 2.70 bits per heavy atom. The van der Waals surface area contributed by atoms with Crippen LogP contribution in [0.1, 0.15) is 65.8 Å². The maximum atomic E-state index is 13.1. The van der Waals surface area contributed by atoms with E-state index in [4.69, 9.17) is 30.8 Å². The Kier molecular flexibility index (Phi) is 8.31. The third kappa shape index (κ3) is 5.98. The smallest absolute Gasteiger partial charge is 0.410 e. The van der Waals surface area contributed by atoms with Gasteiger partial charge in [0.2, 0.25) is 0 Å².